The largest absolute Gasteiger partial charge is 0.496 e. The third kappa shape index (κ3) is 3.62. The molecule has 0 fully saturated rings. The van der Waals surface area contributed by atoms with Crippen molar-refractivity contribution in [1.82, 2.24) is 0 Å². The molecule has 4 nitrogen and oxygen atoms in total. The van der Waals surface area contributed by atoms with Crippen LogP contribution in [-0.2, 0) is 18.4 Å². The van der Waals surface area contributed by atoms with Gasteiger partial charge in [0, 0.05) is 25.6 Å². The van der Waals surface area contributed by atoms with E-state index >= 15 is 0 Å². The lowest BCUT2D eigenvalue weighted by atomic mass is 10.1. The van der Waals surface area contributed by atoms with Crippen molar-refractivity contribution in [3.8, 4) is 11.1 Å². The molecule has 22 heavy (non-hydrogen) atoms. The zero-order valence-corrected chi connectivity index (χ0v) is 13.8. The summed E-state index contributed by atoms with van der Waals surface area (Å²) in [6.45, 7) is 4.34. The van der Waals surface area contributed by atoms with Crippen molar-refractivity contribution in [3.63, 3.8) is 0 Å². The lowest BCUT2D eigenvalue weighted by Crippen LogP contribution is -2.53. The van der Waals surface area contributed by atoms with Gasteiger partial charge in [-0.15, -0.1) is 0 Å². The molecular weight excluding hydrogens is 296 g/mol. The van der Waals surface area contributed by atoms with E-state index < -0.39 is 20.5 Å². The Bertz CT molecular complexity index is 666. The maximum Gasteiger partial charge on any atom is 0.496 e. The van der Waals surface area contributed by atoms with Crippen molar-refractivity contribution in [2.75, 3.05) is 0 Å². The summed E-state index contributed by atoms with van der Waals surface area (Å²) in [4.78, 5) is 23.0. The lowest BCUT2D eigenvalue weighted by Gasteiger charge is -2.27. The van der Waals surface area contributed by atoms with Gasteiger partial charge in [0.25, 0.3) is 11.9 Å². The van der Waals surface area contributed by atoms with Gasteiger partial charge in [-0.25, -0.2) is 0 Å². The number of carbonyl (C=O) groups excluding carboxylic acids is 2. The van der Waals surface area contributed by atoms with E-state index in [-0.39, 0.29) is 0 Å². The fraction of sp³-hybridized carbons (Fsp3) is 0.176. The van der Waals surface area contributed by atoms with Crippen LogP contribution in [0.4, 0.5) is 0 Å². The molecule has 0 spiro atoms. The lowest BCUT2D eigenvalue weighted by molar-refractivity contribution is -0.138. The Hall–Kier alpha value is -2.40. The third-order valence-electron chi connectivity index (χ3n) is 3.18. The van der Waals surface area contributed by atoms with Crippen LogP contribution < -0.4 is 5.19 Å². The highest BCUT2D eigenvalue weighted by Crippen LogP contribution is 2.21. The molecule has 0 saturated heterocycles. The molecule has 2 aromatic carbocycles. The van der Waals surface area contributed by atoms with E-state index in [2.05, 4.69) is 0 Å². The molecule has 0 unspecified atom stereocenters. The summed E-state index contributed by atoms with van der Waals surface area (Å²) in [6.07, 6.45) is 0. The number of hydrogen-bond donors (Lipinski definition) is 0. The maximum atomic E-state index is 11.5. The van der Waals surface area contributed by atoms with Gasteiger partial charge in [-0.05, 0) is 11.1 Å². The Balaban J connectivity index is 2.57. The van der Waals surface area contributed by atoms with Crippen LogP contribution in [0.25, 0.3) is 11.1 Å². The fourth-order valence-corrected chi connectivity index (χ4v) is 4.90. The molecule has 0 saturated carbocycles. The van der Waals surface area contributed by atoms with Gasteiger partial charge in [-0.2, -0.15) is 0 Å². The van der Waals surface area contributed by atoms with Gasteiger partial charge in [0.05, 0.1) is 0 Å². The second-order valence-electron chi connectivity index (χ2n) is 5.04. The van der Waals surface area contributed by atoms with Crippen LogP contribution in [0.3, 0.4) is 0 Å². The van der Waals surface area contributed by atoms with Gasteiger partial charge in [0.15, 0.2) is 0 Å². The van der Waals surface area contributed by atoms with Gasteiger partial charge in [0.2, 0.25) is 0 Å². The summed E-state index contributed by atoms with van der Waals surface area (Å²) >= 11 is 0. The number of hydrogen-bond acceptors (Lipinski definition) is 4. The van der Waals surface area contributed by atoms with E-state index in [1.807, 2.05) is 54.6 Å². The quantitative estimate of drug-likeness (QED) is 0.814. The minimum atomic E-state index is -3.18. The molecular formula is C17H18O4Si. The molecule has 5 heteroatoms. The zero-order chi connectivity index (χ0) is 16.2. The van der Waals surface area contributed by atoms with Crippen molar-refractivity contribution in [2.24, 2.45) is 0 Å². The second kappa shape index (κ2) is 6.57. The molecule has 0 aliphatic rings. The predicted octanol–water partition coefficient (Wildman–Crippen LogP) is 2.76. The third-order valence-corrected chi connectivity index (χ3v) is 5.95. The van der Waals surface area contributed by atoms with Crippen LogP contribution in [0, 0.1) is 0 Å². The number of rotatable bonds is 4. The molecule has 0 aliphatic carbocycles. The number of benzene rings is 2. The van der Waals surface area contributed by atoms with Crippen LogP contribution in [0.2, 0.25) is 6.55 Å². The molecule has 2 aromatic rings. The first-order valence-corrected chi connectivity index (χ1v) is 9.28. The molecule has 0 aromatic heterocycles. The van der Waals surface area contributed by atoms with E-state index in [1.165, 1.54) is 13.8 Å². The van der Waals surface area contributed by atoms with Gasteiger partial charge in [-0.1, -0.05) is 54.6 Å². The summed E-state index contributed by atoms with van der Waals surface area (Å²) in [6, 6.07) is 17.3. The predicted molar refractivity (Wildman–Crippen MR) is 86.7 cm³/mol. The monoisotopic (exact) mass is 314 g/mol. The normalized spacial score (nSPS) is 10.9. The topological polar surface area (TPSA) is 52.6 Å². The molecule has 0 heterocycles. The first kappa shape index (κ1) is 16.0. The van der Waals surface area contributed by atoms with Crippen molar-refractivity contribution in [2.45, 2.75) is 20.4 Å². The average Bonchev–Trinajstić information content (AvgIpc) is 2.46. The maximum absolute atomic E-state index is 11.5. The highest BCUT2D eigenvalue weighted by Gasteiger charge is 2.42. The SMILES string of the molecule is CC(=O)O[Si](C)(OC(C)=O)c1ccccc1-c1ccccc1. The first-order chi connectivity index (χ1) is 10.4. The Morgan fingerprint density at radius 3 is 1.86 bits per heavy atom. The van der Waals surface area contributed by atoms with Crippen LogP contribution in [0.15, 0.2) is 54.6 Å². The molecule has 0 bridgehead atoms. The second-order valence-corrected chi connectivity index (χ2v) is 7.88. The smallest absolute Gasteiger partial charge is 0.482 e. The molecule has 0 atom stereocenters. The molecule has 0 aliphatic heterocycles. The summed E-state index contributed by atoms with van der Waals surface area (Å²) < 4.78 is 10.9. The highest BCUT2D eigenvalue weighted by atomic mass is 28.4. The van der Waals surface area contributed by atoms with E-state index in [0.29, 0.717) is 0 Å². The molecule has 0 N–H and O–H groups in total. The van der Waals surface area contributed by atoms with E-state index in [4.69, 9.17) is 8.85 Å². The Morgan fingerprint density at radius 2 is 1.32 bits per heavy atom. The van der Waals surface area contributed by atoms with E-state index in [0.717, 1.165) is 16.3 Å². The van der Waals surface area contributed by atoms with E-state index in [9.17, 15) is 9.59 Å². The van der Waals surface area contributed by atoms with Crippen molar-refractivity contribution in [1.29, 1.82) is 0 Å². The summed E-state index contributed by atoms with van der Waals surface area (Å²) in [7, 11) is -3.18. The summed E-state index contributed by atoms with van der Waals surface area (Å²) in [5, 5.41) is 0.756. The molecule has 0 radical (unpaired) electrons. The zero-order valence-electron chi connectivity index (χ0n) is 12.8. The number of carbonyl (C=O) groups is 2. The van der Waals surface area contributed by atoms with Crippen molar-refractivity contribution < 1.29 is 18.4 Å². The molecule has 0 amide bonds. The Kier molecular flexibility index (Phi) is 4.77. The van der Waals surface area contributed by atoms with Gasteiger partial charge >= 0.3 is 8.56 Å². The Morgan fingerprint density at radius 1 is 0.818 bits per heavy atom. The molecule has 114 valence electrons. The van der Waals surface area contributed by atoms with Crippen LogP contribution in [-0.4, -0.2) is 20.5 Å². The standard InChI is InChI=1S/C17H18O4Si/c1-13(18)20-22(3,21-14(2)19)17-12-8-7-11-16(17)15-9-5-4-6-10-15/h4-12H,1-3H3. The van der Waals surface area contributed by atoms with E-state index in [1.54, 1.807) is 6.55 Å². The van der Waals surface area contributed by atoms with Crippen LogP contribution >= 0.6 is 0 Å². The average molecular weight is 314 g/mol. The fourth-order valence-electron chi connectivity index (χ4n) is 2.43. The van der Waals surface area contributed by atoms with Crippen LogP contribution in [0.1, 0.15) is 13.8 Å². The van der Waals surface area contributed by atoms with Crippen LogP contribution in [0.5, 0.6) is 0 Å². The van der Waals surface area contributed by atoms with Crippen molar-refractivity contribution >= 4 is 25.7 Å². The first-order valence-electron chi connectivity index (χ1n) is 6.96. The van der Waals surface area contributed by atoms with Crippen molar-refractivity contribution in [3.05, 3.63) is 54.6 Å². The van der Waals surface area contributed by atoms with Gasteiger partial charge in [0.1, 0.15) is 0 Å². The summed E-state index contributed by atoms with van der Waals surface area (Å²) in [5.41, 5.74) is 1.89. The summed E-state index contributed by atoms with van der Waals surface area (Å²) in [5.74, 6) is -0.920. The minimum absolute atomic E-state index is 0.460. The van der Waals surface area contributed by atoms with Gasteiger partial charge < -0.3 is 8.85 Å². The van der Waals surface area contributed by atoms with Gasteiger partial charge in [-0.3, -0.25) is 9.59 Å². The molecule has 2 rings (SSSR count). The highest BCUT2D eigenvalue weighted by molar-refractivity contribution is 6.83. The minimum Gasteiger partial charge on any atom is -0.482 e. The Labute approximate surface area is 130 Å².